The number of benzene rings is 3. The largest absolute Gasteiger partial charge is 0.481 e. The maximum atomic E-state index is 11.7. The van der Waals surface area contributed by atoms with Gasteiger partial charge in [0, 0.05) is 5.75 Å². The Morgan fingerprint density at radius 3 is 1.53 bits per heavy atom. The number of hydrogen-bond donors (Lipinski definition) is 2. The van der Waals surface area contributed by atoms with Crippen molar-refractivity contribution >= 4 is 17.7 Å². The van der Waals surface area contributed by atoms with Gasteiger partial charge in [0.15, 0.2) is 0 Å². The molecule has 3 aromatic carbocycles. The van der Waals surface area contributed by atoms with Gasteiger partial charge in [-0.2, -0.15) is 0 Å². The molecule has 0 amide bonds. The van der Waals surface area contributed by atoms with Gasteiger partial charge in [0.1, 0.15) is 0 Å². The van der Waals surface area contributed by atoms with Crippen molar-refractivity contribution in [2.75, 3.05) is 5.75 Å². The van der Waals surface area contributed by atoms with E-state index in [4.69, 9.17) is 0 Å². The number of carboxylic acid groups (broad SMARTS) is 1. The van der Waals surface area contributed by atoms with Crippen molar-refractivity contribution in [2.24, 2.45) is 11.8 Å². The number of aliphatic carboxylic acids is 1. The van der Waals surface area contributed by atoms with Gasteiger partial charge in [-0.3, -0.25) is 4.79 Å². The number of rotatable bonds is 11. The van der Waals surface area contributed by atoms with Crippen LogP contribution in [-0.2, 0) is 9.54 Å². The first-order valence-corrected chi connectivity index (χ1v) is 12.1. The summed E-state index contributed by atoms with van der Waals surface area (Å²) in [7, 11) is 0. The van der Waals surface area contributed by atoms with Gasteiger partial charge in [-0.05, 0) is 35.4 Å². The third-order valence-corrected chi connectivity index (χ3v) is 7.39. The van der Waals surface area contributed by atoms with Crippen LogP contribution in [-0.4, -0.2) is 28.0 Å². The molecule has 0 aliphatic heterocycles. The Hall–Kier alpha value is -2.56. The maximum absolute atomic E-state index is 11.7. The molecule has 0 fully saturated rings. The molecule has 3 nitrogen and oxygen atoms in total. The highest BCUT2D eigenvalue weighted by atomic mass is 32.2. The van der Waals surface area contributed by atoms with Gasteiger partial charge in [-0.15, -0.1) is 11.8 Å². The monoisotopic (exact) mass is 448 g/mol. The van der Waals surface area contributed by atoms with Crippen molar-refractivity contribution in [3.8, 4) is 0 Å². The van der Waals surface area contributed by atoms with Gasteiger partial charge in [-0.25, -0.2) is 0 Å². The minimum atomic E-state index is -0.830. The molecule has 0 aliphatic rings. The topological polar surface area (TPSA) is 57.5 Å². The van der Waals surface area contributed by atoms with E-state index in [0.717, 1.165) is 16.7 Å². The van der Waals surface area contributed by atoms with E-state index in [9.17, 15) is 15.0 Å². The lowest BCUT2D eigenvalue weighted by atomic mass is 9.84. The summed E-state index contributed by atoms with van der Waals surface area (Å²) in [6.07, 6.45) is 0.114. The zero-order chi connectivity index (χ0) is 23.0. The number of carboxylic acids is 1. The van der Waals surface area contributed by atoms with Gasteiger partial charge in [0.05, 0.1) is 16.8 Å². The molecule has 2 atom stereocenters. The fourth-order valence-corrected chi connectivity index (χ4v) is 5.74. The van der Waals surface area contributed by atoms with Crippen molar-refractivity contribution in [2.45, 2.75) is 37.5 Å². The van der Waals surface area contributed by atoms with Crippen LogP contribution in [0.1, 0.15) is 43.4 Å². The number of carbonyl (C=O) groups is 1. The fourth-order valence-electron chi connectivity index (χ4n) is 4.25. The highest BCUT2D eigenvalue weighted by Gasteiger charge is 2.37. The molecule has 0 radical (unpaired) electrons. The first-order valence-electron chi connectivity index (χ1n) is 11.1. The zero-order valence-electron chi connectivity index (χ0n) is 18.7. The van der Waals surface area contributed by atoms with Crippen LogP contribution in [0.3, 0.4) is 0 Å². The second-order valence-corrected chi connectivity index (χ2v) is 9.88. The van der Waals surface area contributed by atoms with Crippen LogP contribution in [0.15, 0.2) is 91.0 Å². The van der Waals surface area contributed by atoms with E-state index >= 15 is 0 Å². The Bertz CT molecular complexity index is 861. The third-order valence-electron chi connectivity index (χ3n) is 5.69. The van der Waals surface area contributed by atoms with E-state index < -0.39 is 22.7 Å². The molecule has 0 spiro atoms. The fraction of sp³-hybridized carbons (Fsp3) is 0.321. The minimum absolute atomic E-state index is 0.259. The van der Waals surface area contributed by atoms with E-state index in [-0.39, 0.29) is 12.3 Å². The van der Waals surface area contributed by atoms with Crippen LogP contribution in [0, 0.1) is 11.8 Å². The van der Waals surface area contributed by atoms with Gasteiger partial charge in [0.25, 0.3) is 0 Å². The standard InChI is InChI=1S/C28H32O3S/c1-21(2)18-22(27(30)31)19-26(29)20-32-28(23-12-6-3-7-13-23,24-14-8-4-9-15-24)25-16-10-5-11-17-25/h3-17,21-22,26,29H,18-20H2,1-2H3,(H,30,31)/t22-,26-/m1/s1. The molecule has 0 unspecified atom stereocenters. The lowest BCUT2D eigenvalue weighted by molar-refractivity contribution is -0.143. The molecular formula is C28H32O3S. The quantitative estimate of drug-likeness (QED) is 0.342. The summed E-state index contributed by atoms with van der Waals surface area (Å²) in [4.78, 5) is 11.7. The van der Waals surface area contributed by atoms with Gasteiger partial charge in [0.2, 0.25) is 0 Å². The predicted molar refractivity (Wildman–Crippen MR) is 133 cm³/mol. The SMILES string of the molecule is CC(C)C[C@H](C[C@@H](O)CSC(c1ccccc1)(c1ccccc1)c1ccccc1)C(=O)O. The van der Waals surface area contributed by atoms with E-state index in [2.05, 4.69) is 36.4 Å². The van der Waals surface area contributed by atoms with Crippen molar-refractivity contribution in [1.29, 1.82) is 0 Å². The predicted octanol–water partition coefficient (Wildman–Crippen LogP) is 6.21. The van der Waals surface area contributed by atoms with Crippen LogP contribution in [0.5, 0.6) is 0 Å². The van der Waals surface area contributed by atoms with E-state index in [1.54, 1.807) is 11.8 Å². The van der Waals surface area contributed by atoms with Crippen LogP contribution in [0.25, 0.3) is 0 Å². The van der Waals surface area contributed by atoms with Crippen LogP contribution in [0.4, 0.5) is 0 Å². The minimum Gasteiger partial charge on any atom is -0.481 e. The molecular weight excluding hydrogens is 416 g/mol. The molecule has 0 aromatic heterocycles. The average Bonchev–Trinajstić information content (AvgIpc) is 2.81. The van der Waals surface area contributed by atoms with Gasteiger partial charge in [-0.1, -0.05) is 105 Å². The molecule has 0 saturated carbocycles. The van der Waals surface area contributed by atoms with Crippen LogP contribution < -0.4 is 0 Å². The summed E-state index contributed by atoms with van der Waals surface area (Å²) < 4.78 is -0.512. The Morgan fingerprint density at radius 2 is 1.19 bits per heavy atom. The first-order chi connectivity index (χ1) is 15.4. The highest BCUT2D eigenvalue weighted by molar-refractivity contribution is 8.00. The van der Waals surface area contributed by atoms with Gasteiger partial charge >= 0.3 is 5.97 Å². The second-order valence-electron chi connectivity index (χ2n) is 8.64. The molecule has 32 heavy (non-hydrogen) atoms. The molecule has 3 rings (SSSR count). The summed E-state index contributed by atoms with van der Waals surface area (Å²) >= 11 is 1.67. The number of aliphatic hydroxyl groups excluding tert-OH is 1. The molecule has 168 valence electrons. The summed E-state index contributed by atoms with van der Waals surface area (Å²) in [6, 6.07) is 31.0. The van der Waals surface area contributed by atoms with E-state index in [0.29, 0.717) is 12.2 Å². The molecule has 2 N–H and O–H groups in total. The van der Waals surface area contributed by atoms with Crippen molar-refractivity contribution in [1.82, 2.24) is 0 Å². The van der Waals surface area contributed by atoms with E-state index in [1.807, 2.05) is 68.4 Å². The average molecular weight is 449 g/mol. The normalized spacial score (nSPS) is 13.6. The molecule has 3 aromatic rings. The summed E-state index contributed by atoms with van der Waals surface area (Å²) in [5, 5.41) is 20.5. The summed E-state index contributed by atoms with van der Waals surface area (Å²) in [6.45, 7) is 4.03. The van der Waals surface area contributed by atoms with Crippen molar-refractivity contribution in [3.63, 3.8) is 0 Å². The van der Waals surface area contributed by atoms with E-state index in [1.165, 1.54) is 0 Å². The van der Waals surface area contributed by atoms with Gasteiger partial charge < -0.3 is 10.2 Å². The van der Waals surface area contributed by atoms with Crippen molar-refractivity contribution < 1.29 is 15.0 Å². The summed E-state index contributed by atoms with van der Waals surface area (Å²) in [5.41, 5.74) is 3.39. The molecule has 0 aliphatic carbocycles. The molecule has 0 bridgehead atoms. The third kappa shape index (κ3) is 5.81. The molecule has 0 heterocycles. The van der Waals surface area contributed by atoms with Crippen molar-refractivity contribution in [3.05, 3.63) is 108 Å². The Morgan fingerprint density at radius 1 is 0.781 bits per heavy atom. The van der Waals surface area contributed by atoms with Crippen LogP contribution >= 0.6 is 11.8 Å². The number of hydrogen-bond acceptors (Lipinski definition) is 3. The Balaban J connectivity index is 1.97. The maximum Gasteiger partial charge on any atom is 0.306 e. The number of aliphatic hydroxyl groups is 1. The molecule has 0 saturated heterocycles. The number of thioether (sulfide) groups is 1. The Labute approximate surface area is 195 Å². The molecule has 4 heteroatoms. The first kappa shape index (κ1) is 24.1. The Kier molecular flexibility index (Phi) is 8.54. The second kappa shape index (κ2) is 11.3. The lowest BCUT2D eigenvalue weighted by Gasteiger charge is -2.36. The zero-order valence-corrected chi connectivity index (χ0v) is 19.5. The summed E-state index contributed by atoms with van der Waals surface area (Å²) in [5.74, 6) is -0.665. The highest BCUT2D eigenvalue weighted by Crippen LogP contribution is 2.48. The smallest absolute Gasteiger partial charge is 0.306 e. The van der Waals surface area contributed by atoms with Crippen LogP contribution in [0.2, 0.25) is 0 Å². The lowest BCUT2D eigenvalue weighted by Crippen LogP contribution is -2.29.